The van der Waals surface area contributed by atoms with Crippen molar-refractivity contribution in [3.05, 3.63) is 29.8 Å². The van der Waals surface area contributed by atoms with Gasteiger partial charge in [-0.25, -0.2) is 0 Å². The van der Waals surface area contributed by atoms with Gasteiger partial charge in [-0.05, 0) is 37.4 Å². The van der Waals surface area contributed by atoms with Gasteiger partial charge in [0.05, 0.1) is 0 Å². The van der Waals surface area contributed by atoms with Gasteiger partial charge < -0.3 is 10.6 Å². The van der Waals surface area contributed by atoms with E-state index in [2.05, 4.69) is 43.3 Å². The molecule has 0 atom stereocenters. The molecule has 0 unspecified atom stereocenters. The summed E-state index contributed by atoms with van der Waals surface area (Å²) >= 11 is 0. The third-order valence-electron chi connectivity index (χ3n) is 2.37. The monoisotopic (exact) mass is 192 g/mol. The molecule has 0 amide bonds. The summed E-state index contributed by atoms with van der Waals surface area (Å²) in [5.74, 6) is 0. The largest absolute Gasteiger partial charge is 0.377 e. The normalized spacial score (nSPS) is 10.2. The molecule has 0 heterocycles. The van der Waals surface area contributed by atoms with E-state index in [9.17, 15) is 0 Å². The number of anilines is 1. The lowest BCUT2D eigenvalue weighted by atomic mass is 10.1. The van der Waals surface area contributed by atoms with Crippen molar-refractivity contribution in [3.8, 4) is 0 Å². The lowest BCUT2D eigenvalue weighted by molar-refractivity contribution is 0.744. The zero-order chi connectivity index (χ0) is 10.4. The fraction of sp³-hybridized carbons (Fsp3) is 0.500. The molecule has 2 N–H and O–H groups in total. The maximum absolute atomic E-state index is 5.48. The highest BCUT2D eigenvalue weighted by atomic mass is 15.1. The van der Waals surface area contributed by atoms with Crippen molar-refractivity contribution in [2.45, 2.75) is 19.3 Å². The Labute approximate surface area is 86.7 Å². The summed E-state index contributed by atoms with van der Waals surface area (Å²) in [4.78, 5) is 2.16. The number of aryl methyl sites for hydroxylation is 1. The molecule has 14 heavy (non-hydrogen) atoms. The highest BCUT2D eigenvalue weighted by molar-refractivity contribution is 5.52. The van der Waals surface area contributed by atoms with E-state index in [4.69, 9.17) is 5.73 Å². The van der Waals surface area contributed by atoms with Crippen LogP contribution in [0.3, 0.4) is 0 Å². The van der Waals surface area contributed by atoms with Crippen LogP contribution in [-0.2, 0) is 6.42 Å². The molecule has 1 aromatic rings. The van der Waals surface area contributed by atoms with E-state index in [1.807, 2.05) is 0 Å². The summed E-state index contributed by atoms with van der Waals surface area (Å²) in [6.45, 7) is 0.796. The van der Waals surface area contributed by atoms with Crippen molar-refractivity contribution in [1.29, 1.82) is 0 Å². The van der Waals surface area contributed by atoms with Crippen LogP contribution in [0.1, 0.15) is 18.4 Å². The molecule has 2 heteroatoms. The average molecular weight is 192 g/mol. The molecule has 0 fully saturated rings. The molecule has 0 aliphatic rings. The highest BCUT2D eigenvalue weighted by Crippen LogP contribution is 2.19. The van der Waals surface area contributed by atoms with E-state index in [-0.39, 0.29) is 0 Å². The molecule has 0 spiro atoms. The lowest BCUT2D eigenvalue weighted by Gasteiger charge is -2.17. The van der Waals surface area contributed by atoms with Crippen LogP contribution in [0.25, 0.3) is 0 Å². The third-order valence-corrected chi connectivity index (χ3v) is 2.37. The molecule has 0 saturated carbocycles. The zero-order valence-electron chi connectivity index (χ0n) is 9.16. The number of nitrogens with two attached hydrogens (primary N) is 1. The van der Waals surface area contributed by atoms with Crippen LogP contribution >= 0.6 is 0 Å². The Kier molecular flexibility index (Phi) is 4.47. The van der Waals surface area contributed by atoms with Crippen LogP contribution in [0.5, 0.6) is 0 Å². The minimum atomic E-state index is 0.796. The number of unbranched alkanes of at least 4 members (excludes halogenated alkanes) is 1. The Bertz CT molecular complexity index is 269. The number of rotatable bonds is 5. The first-order valence-electron chi connectivity index (χ1n) is 5.21. The van der Waals surface area contributed by atoms with Gasteiger partial charge in [-0.15, -0.1) is 0 Å². The van der Waals surface area contributed by atoms with E-state index in [1.54, 1.807) is 0 Å². The van der Waals surface area contributed by atoms with Crippen LogP contribution in [0.15, 0.2) is 24.3 Å². The van der Waals surface area contributed by atoms with Crippen molar-refractivity contribution in [3.63, 3.8) is 0 Å². The molecule has 78 valence electrons. The van der Waals surface area contributed by atoms with Crippen molar-refractivity contribution in [2.75, 3.05) is 25.5 Å². The van der Waals surface area contributed by atoms with Gasteiger partial charge in [-0.3, -0.25) is 0 Å². The average Bonchev–Trinajstić information content (AvgIpc) is 2.19. The van der Waals surface area contributed by atoms with Gasteiger partial charge in [-0.2, -0.15) is 0 Å². The van der Waals surface area contributed by atoms with Crippen LogP contribution < -0.4 is 10.6 Å². The SMILES string of the molecule is CN(C)c1ccccc1CCCCN. The van der Waals surface area contributed by atoms with E-state index >= 15 is 0 Å². The van der Waals surface area contributed by atoms with Gasteiger partial charge in [0.15, 0.2) is 0 Å². The first kappa shape index (κ1) is 11.1. The Hall–Kier alpha value is -1.02. The second-order valence-corrected chi connectivity index (χ2v) is 3.77. The van der Waals surface area contributed by atoms with Crippen LogP contribution in [0.2, 0.25) is 0 Å². The number of hydrogen-bond acceptors (Lipinski definition) is 2. The Balaban J connectivity index is 2.64. The maximum Gasteiger partial charge on any atom is 0.0393 e. The quantitative estimate of drug-likeness (QED) is 0.723. The van der Waals surface area contributed by atoms with Gasteiger partial charge in [0.25, 0.3) is 0 Å². The third kappa shape index (κ3) is 3.04. The van der Waals surface area contributed by atoms with E-state index in [0.29, 0.717) is 0 Å². The smallest absolute Gasteiger partial charge is 0.0393 e. The summed E-state index contributed by atoms with van der Waals surface area (Å²) in [5, 5.41) is 0. The molecule has 0 saturated heterocycles. The molecule has 0 bridgehead atoms. The highest BCUT2D eigenvalue weighted by Gasteiger charge is 2.02. The molecular formula is C12H20N2. The van der Waals surface area contributed by atoms with Gasteiger partial charge in [0, 0.05) is 19.8 Å². The molecular weight excluding hydrogens is 172 g/mol. The molecule has 1 aromatic carbocycles. The first-order valence-corrected chi connectivity index (χ1v) is 5.21. The minimum Gasteiger partial charge on any atom is -0.377 e. The van der Waals surface area contributed by atoms with Crippen LogP contribution in [-0.4, -0.2) is 20.6 Å². The van der Waals surface area contributed by atoms with Crippen molar-refractivity contribution >= 4 is 5.69 Å². The minimum absolute atomic E-state index is 0.796. The van der Waals surface area contributed by atoms with Crippen molar-refractivity contribution < 1.29 is 0 Å². The lowest BCUT2D eigenvalue weighted by Crippen LogP contribution is -2.11. The Morgan fingerprint density at radius 3 is 2.50 bits per heavy atom. The second kappa shape index (κ2) is 5.66. The summed E-state index contributed by atoms with van der Waals surface area (Å²) < 4.78 is 0. The van der Waals surface area contributed by atoms with E-state index in [0.717, 1.165) is 19.4 Å². The number of hydrogen-bond donors (Lipinski definition) is 1. The first-order chi connectivity index (χ1) is 6.75. The summed E-state index contributed by atoms with van der Waals surface area (Å²) in [6.07, 6.45) is 3.43. The standard InChI is InChI=1S/C12H20N2/c1-14(2)12-9-4-3-7-11(12)8-5-6-10-13/h3-4,7,9H,5-6,8,10,13H2,1-2H3. The van der Waals surface area contributed by atoms with Gasteiger partial charge in [0.2, 0.25) is 0 Å². The number of para-hydroxylation sites is 1. The predicted molar refractivity (Wildman–Crippen MR) is 62.8 cm³/mol. The molecule has 0 aromatic heterocycles. The molecule has 1 rings (SSSR count). The summed E-state index contributed by atoms with van der Waals surface area (Å²) in [5.41, 5.74) is 8.23. The van der Waals surface area contributed by atoms with Crippen LogP contribution in [0.4, 0.5) is 5.69 Å². The van der Waals surface area contributed by atoms with Crippen molar-refractivity contribution in [1.82, 2.24) is 0 Å². The second-order valence-electron chi connectivity index (χ2n) is 3.77. The van der Waals surface area contributed by atoms with Gasteiger partial charge >= 0.3 is 0 Å². The summed E-state index contributed by atoms with van der Waals surface area (Å²) in [7, 11) is 4.17. The van der Waals surface area contributed by atoms with Gasteiger partial charge in [0.1, 0.15) is 0 Å². The fourth-order valence-corrected chi connectivity index (χ4v) is 1.62. The van der Waals surface area contributed by atoms with Crippen molar-refractivity contribution in [2.24, 2.45) is 5.73 Å². The molecule has 0 radical (unpaired) electrons. The molecule has 0 aliphatic heterocycles. The van der Waals surface area contributed by atoms with Crippen LogP contribution in [0, 0.1) is 0 Å². The zero-order valence-corrected chi connectivity index (χ0v) is 9.16. The Morgan fingerprint density at radius 1 is 1.14 bits per heavy atom. The van der Waals surface area contributed by atoms with E-state index < -0.39 is 0 Å². The summed E-state index contributed by atoms with van der Waals surface area (Å²) in [6, 6.07) is 8.55. The Morgan fingerprint density at radius 2 is 1.86 bits per heavy atom. The number of benzene rings is 1. The fourth-order valence-electron chi connectivity index (χ4n) is 1.62. The topological polar surface area (TPSA) is 29.3 Å². The number of nitrogens with zero attached hydrogens (tertiary/aromatic N) is 1. The van der Waals surface area contributed by atoms with E-state index in [1.165, 1.54) is 17.7 Å². The molecule has 0 aliphatic carbocycles. The predicted octanol–water partition coefficient (Wildman–Crippen LogP) is 2.03. The maximum atomic E-state index is 5.48. The van der Waals surface area contributed by atoms with Gasteiger partial charge in [-0.1, -0.05) is 18.2 Å². The molecule has 2 nitrogen and oxygen atoms in total.